The number of carboxylic acids is 1. The summed E-state index contributed by atoms with van der Waals surface area (Å²) in [4.78, 5) is 32.6. The van der Waals surface area contributed by atoms with Crippen LogP contribution in [0.1, 0.15) is 50.4 Å². The van der Waals surface area contributed by atoms with Crippen LogP contribution in [0.25, 0.3) is 0 Å². The average Bonchev–Trinajstić information content (AvgIpc) is 2.79. The summed E-state index contributed by atoms with van der Waals surface area (Å²) in [5.74, 6) is -1.60. The minimum atomic E-state index is -1.17. The molecular formula is C15H17N3O3S. The lowest BCUT2D eigenvalue weighted by Gasteiger charge is -2.23. The Bertz CT molecular complexity index is 718. The van der Waals surface area contributed by atoms with E-state index in [9.17, 15) is 9.59 Å². The maximum atomic E-state index is 12.3. The van der Waals surface area contributed by atoms with Gasteiger partial charge in [0.2, 0.25) is 0 Å². The second-order valence-corrected chi connectivity index (χ2v) is 6.66. The van der Waals surface area contributed by atoms with Gasteiger partial charge < -0.3 is 10.4 Å². The number of aryl methyl sites for hydroxylation is 2. The molecule has 0 saturated heterocycles. The first-order valence-corrected chi connectivity index (χ1v) is 7.50. The lowest BCUT2D eigenvalue weighted by atomic mass is 10.1. The minimum Gasteiger partial charge on any atom is -0.477 e. The van der Waals surface area contributed by atoms with Gasteiger partial charge in [-0.05, 0) is 39.8 Å². The maximum absolute atomic E-state index is 12.3. The van der Waals surface area contributed by atoms with Gasteiger partial charge in [-0.1, -0.05) is 6.07 Å². The molecule has 0 unspecified atom stereocenters. The summed E-state index contributed by atoms with van der Waals surface area (Å²) in [7, 11) is 0. The molecule has 0 aliphatic heterocycles. The fourth-order valence-corrected chi connectivity index (χ4v) is 2.79. The number of hydrogen-bond donors (Lipinski definition) is 2. The highest BCUT2D eigenvalue weighted by molar-refractivity contribution is 7.11. The molecule has 6 nitrogen and oxygen atoms in total. The van der Waals surface area contributed by atoms with Crippen molar-refractivity contribution in [3.05, 3.63) is 45.2 Å². The van der Waals surface area contributed by atoms with E-state index >= 15 is 0 Å². The van der Waals surface area contributed by atoms with Crippen molar-refractivity contribution in [2.24, 2.45) is 0 Å². The lowest BCUT2D eigenvalue weighted by molar-refractivity contribution is 0.0690. The molecule has 2 N–H and O–H groups in total. The van der Waals surface area contributed by atoms with E-state index in [1.54, 1.807) is 0 Å². The van der Waals surface area contributed by atoms with E-state index in [0.29, 0.717) is 0 Å². The van der Waals surface area contributed by atoms with Crippen LogP contribution in [-0.2, 0) is 5.54 Å². The number of pyridine rings is 1. The summed E-state index contributed by atoms with van der Waals surface area (Å²) >= 11 is 1.53. The third-order valence-corrected chi connectivity index (χ3v) is 4.59. The number of amides is 1. The number of carbonyl (C=O) groups is 2. The molecule has 0 saturated carbocycles. The highest BCUT2D eigenvalue weighted by Gasteiger charge is 2.28. The van der Waals surface area contributed by atoms with Gasteiger partial charge in [-0.15, -0.1) is 11.3 Å². The van der Waals surface area contributed by atoms with Gasteiger partial charge >= 0.3 is 5.97 Å². The summed E-state index contributed by atoms with van der Waals surface area (Å²) in [6.45, 7) is 7.60. The zero-order valence-electron chi connectivity index (χ0n) is 12.8. The van der Waals surface area contributed by atoms with Gasteiger partial charge in [-0.3, -0.25) is 4.79 Å². The van der Waals surface area contributed by atoms with Crippen LogP contribution in [0.4, 0.5) is 0 Å². The van der Waals surface area contributed by atoms with Gasteiger partial charge in [0.25, 0.3) is 5.91 Å². The predicted octanol–water partition coefficient (Wildman–Crippen LogP) is 2.52. The zero-order chi connectivity index (χ0) is 16.5. The molecule has 0 aromatic carbocycles. The van der Waals surface area contributed by atoms with E-state index in [1.165, 1.54) is 29.5 Å². The van der Waals surface area contributed by atoms with Gasteiger partial charge in [-0.2, -0.15) is 0 Å². The molecule has 2 aromatic rings. The molecule has 0 aliphatic rings. The molecule has 116 valence electrons. The summed E-state index contributed by atoms with van der Waals surface area (Å²) < 4.78 is 0. The number of carbonyl (C=O) groups excluding carboxylic acids is 1. The number of aromatic carboxylic acids is 1. The van der Waals surface area contributed by atoms with Gasteiger partial charge in [0.05, 0.1) is 11.2 Å². The van der Waals surface area contributed by atoms with Crippen molar-refractivity contribution in [2.45, 2.75) is 33.2 Å². The second kappa shape index (κ2) is 5.84. The van der Waals surface area contributed by atoms with E-state index in [4.69, 9.17) is 5.11 Å². The number of nitrogens with zero attached hydrogens (tertiary/aromatic N) is 2. The van der Waals surface area contributed by atoms with Gasteiger partial charge in [0.15, 0.2) is 0 Å². The van der Waals surface area contributed by atoms with Crippen molar-refractivity contribution in [1.29, 1.82) is 0 Å². The molecule has 2 aromatic heterocycles. The first-order chi connectivity index (χ1) is 10.2. The molecule has 0 aliphatic carbocycles. The lowest BCUT2D eigenvalue weighted by Crippen LogP contribution is -2.41. The molecule has 0 atom stereocenters. The summed E-state index contributed by atoms with van der Waals surface area (Å²) in [6.07, 6.45) is 0. The number of carboxylic acid groups (broad SMARTS) is 1. The van der Waals surface area contributed by atoms with Gasteiger partial charge in [0.1, 0.15) is 16.4 Å². The number of rotatable bonds is 4. The maximum Gasteiger partial charge on any atom is 0.354 e. The number of thiazole rings is 1. The number of aromatic nitrogens is 2. The monoisotopic (exact) mass is 319 g/mol. The molecule has 0 fully saturated rings. The molecule has 1 amide bonds. The van der Waals surface area contributed by atoms with Gasteiger partial charge in [-0.25, -0.2) is 14.8 Å². The van der Waals surface area contributed by atoms with E-state index in [1.807, 2.05) is 27.7 Å². The fraction of sp³-hybridized carbons (Fsp3) is 0.333. The van der Waals surface area contributed by atoms with Crippen molar-refractivity contribution >= 4 is 23.2 Å². The highest BCUT2D eigenvalue weighted by atomic mass is 32.1. The van der Waals surface area contributed by atoms with Crippen LogP contribution in [0, 0.1) is 13.8 Å². The Morgan fingerprint density at radius 2 is 1.82 bits per heavy atom. The first kappa shape index (κ1) is 16.1. The molecule has 7 heteroatoms. The molecule has 2 heterocycles. The van der Waals surface area contributed by atoms with Crippen molar-refractivity contribution in [3.8, 4) is 0 Å². The second-order valence-electron chi connectivity index (χ2n) is 5.45. The summed E-state index contributed by atoms with van der Waals surface area (Å²) in [6, 6.07) is 4.32. The molecular weight excluding hydrogens is 302 g/mol. The average molecular weight is 319 g/mol. The smallest absolute Gasteiger partial charge is 0.354 e. The highest BCUT2D eigenvalue weighted by Crippen LogP contribution is 2.27. The van der Waals surface area contributed by atoms with E-state index < -0.39 is 17.4 Å². The van der Waals surface area contributed by atoms with Crippen LogP contribution in [-0.4, -0.2) is 27.0 Å². The minimum absolute atomic E-state index is 0.0676. The molecule has 0 radical (unpaired) electrons. The molecule has 0 bridgehead atoms. The van der Waals surface area contributed by atoms with Crippen LogP contribution >= 0.6 is 11.3 Å². The summed E-state index contributed by atoms with van der Waals surface area (Å²) in [5.41, 5.74) is 0.180. The van der Waals surface area contributed by atoms with Crippen molar-refractivity contribution in [1.82, 2.24) is 15.3 Å². The molecule has 0 spiro atoms. The Hall–Kier alpha value is -2.28. The van der Waals surface area contributed by atoms with Crippen molar-refractivity contribution < 1.29 is 14.7 Å². The van der Waals surface area contributed by atoms with E-state index in [2.05, 4.69) is 15.3 Å². The molecule has 22 heavy (non-hydrogen) atoms. The Labute approximate surface area is 132 Å². The number of nitrogens with one attached hydrogen (secondary N) is 1. The number of hydrogen-bond acceptors (Lipinski definition) is 5. The standard InChI is InChI=1S/C15H17N3O3S/c1-8-9(2)22-14(16-8)15(3,4)18-12(19)10-6-5-7-11(17-10)13(20)21/h5-7H,1-4H3,(H,18,19)(H,20,21). The van der Waals surface area contributed by atoms with Crippen LogP contribution < -0.4 is 5.32 Å². The van der Waals surface area contributed by atoms with Crippen LogP contribution in [0.15, 0.2) is 18.2 Å². The van der Waals surface area contributed by atoms with Crippen molar-refractivity contribution in [2.75, 3.05) is 0 Å². The van der Waals surface area contributed by atoms with Crippen molar-refractivity contribution in [3.63, 3.8) is 0 Å². The predicted molar refractivity (Wildman–Crippen MR) is 83.3 cm³/mol. The Morgan fingerprint density at radius 1 is 1.18 bits per heavy atom. The topological polar surface area (TPSA) is 92.2 Å². The Balaban J connectivity index is 2.23. The third-order valence-electron chi connectivity index (χ3n) is 3.19. The Kier molecular flexibility index (Phi) is 4.27. The normalized spacial score (nSPS) is 11.3. The SMILES string of the molecule is Cc1nc(C(C)(C)NC(=O)c2cccc(C(=O)O)n2)sc1C. The van der Waals surface area contributed by atoms with Crippen LogP contribution in [0.3, 0.4) is 0 Å². The first-order valence-electron chi connectivity index (χ1n) is 6.68. The van der Waals surface area contributed by atoms with Crippen LogP contribution in [0.2, 0.25) is 0 Å². The summed E-state index contributed by atoms with van der Waals surface area (Å²) in [5, 5.41) is 12.6. The Morgan fingerprint density at radius 3 is 2.36 bits per heavy atom. The van der Waals surface area contributed by atoms with E-state index in [-0.39, 0.29) is 11.4 Å². The fourth-order valence-electron chi connectivity index (χ4n) is 1.82. The third kappa shape index (κ3) is 3.30. The largest absolute Gasteiger partial charge is 0.477 e. The quantitative estimate of drug-likeness (QED) is 0.903. The molecule has 2 rings (SSSR count). The van der Waals surface area contributed by atoms with Crippen LogP contribution in [0.5, 0.6) is 0 Å². The van der Waals surface area contributed by atoms with E-state index in [0.717, 1.165) is 15.6 Å². The van der Waals surface area contributed by atoms with Gasteiger partial charge in [0, 0.05) is 4.88 Å². The zero-order valence-corrected chi connectivity index (χ0v) is 13.6.